The van der Waals surface area contributed by atoms with Crippen molar-refractivity contribution in [3.8, 4) is 0 Å². The number of aliphatic hydroxyl groups is 1. The lowest BCUT2D eigenvalue weighted by molar-refractivity contribution is -0.178. The van der Waals surface area contributed by atoms with Crippen molar-refractivity contribution in [1.82, 2.24) is 0 Å². The summed E-state index contributed by atoms with van der Waals surface area (Å²) in [4.78, 5) is 0. The van der Waals surface area contributed by atoms with Gasteiger partial charge in [0.05, 0.1) is 11.2 Å². The average Bonchev–Trinajstić information content (AvgIpc) is 2.98. The lowest BCUT2D eigenvalue weighted by atomic mass is 10.0. The lowest BCUT2D eigenvalue weighted by Gasteiger charge is -2.32. The van der Waals surface area contributed by atoms with Gasteiger partial charge in [-0.05, 0) is 45.6 Å². The number of thioether (sulfide) groups is 2. The van der Waals surface area contributed by atoms with E-state index in [1.54, 1.807) is 0 Å². The van der Waals surface area contributed by atoms with Gasteiger partial charge in [0.25, 0.3) is 0 Å². The summed E-state index contributed by atoms with van der Waals surface area (Å²) in [5, 5.41) is 10.8. The first kappa shape index (κ1) is 17.3. The van der Waals surface area contributed by atoms with Crippen LogP contribution in [0.4, 0.5) is 0 Å². The van der Waals surface area contributed by atoms with Gasteiger partial charge >= 0.3 is 0 Å². The van der Waals surface area contributed by atoms with Crippen LogP contribution in [0.25, 0.3) is 0 Å². The minimum Gasteiger partial charge on any atom is -0.387 e. The highest BCUT2D eigenvalue weighted by molar-refractivity contribution is 8.17. The number of rotatable bonds is 3. The Morgan fingerprint density at radius 1 is 1.00 bits per heavy atom. The van der Waals surface area contributed by atoms with Gasteiger partial charge in [0.2, 0.25) is 0 Å². The minimum atomic E-state index is -0.753. The molecular formula is C15H26O5S2. The van der Waals surface area contributed by atoms with Gasteiger partial charge in [-0.25, -0.2) is 0 Å². The van der Waals surface area contributed by atoms with Gasteiger partial charge in [-0.2, -0.15) is 0 Å². The van der Waals surface area contributed by atoms with E-state index in [1.165, 1.54) is 6.42 Å². The summed E-state index contributed by atoms with van der Waals surface area (Å²) in [6.07, 6.45) is -0.424. The molecule has 5 nitrogen and oxygen atoms in total. The van der Waals surface area contributed by atoms with Gasteiger partial charge in [0.15, 0.2) is 11.6 Å². The third-order valence-electron chi connectivity index (χ3n) is 4.03. The van der Waals surface area contributed by atoms with Crippen LogP contribution in [0.1, 0.15) is 34.1 Å². The van der Waals surface area contributed by atoms with Crippen LogP contribution in [0.15, 0.2) is 0 Å². The number of aliphatic hydroxyl groups excluding tert-OH is 1. The molecule has 4 atom stereocenters. The van der Waals surface area contributed by atoms with Gasteiger partial charge in [0, 0.05) is 0 Å². The summed E-state index contributed by atoms with van der Waals surface area (Å²) >= 11 is 3.80. The van der Waals surface area contributed by atoms with E-state index in [0.29, 0.717) is 11.2 Å². The molecule has 3 heterocycles. The Bertz CT molecular complexity index is 397. The molecule has 3 rings (SSSR count). The molecule has 0 unspecified atom stereocenters. The lowest BCUT2D eigenvalue weighted by Crippen LogP contribution is -2.47. The van der Waals surface area contributed by atoms with Gasteiger partial charge < -0.3 is 24.1 Å². The Hall–Kier alpha value is 0.500. The van der Waals surface area contributed by atoms with Crippen molar-refractivity contribution < 1.29 is 24.1 Å². The third-order valence-corrected chi connectivity index (χ3v) is 7.09. The first-order valence-electron chi connectivity index (χ1n) is 7.86. The molecule has 3 aliphatic rings. The van der Waals surface area contributed by atoms with Crippen molar-refractivity contribution >= 4 is 23.5 Å². The highest BCUT2D eigenvalue weighted by Gasteiger charge is 2.52. The van der Waals surface area contributed by atoms with Crippen LogP contribution in [0.3, 0.4) is 0 Å². The van der Waals surface area contributed by atoms with Crippen molar-refractivity contribution in [1.29, 1.82) is 0 Å². The van der Waals surface area contributed by atoms with Gasteiger partial charge in [0.1, 0.15) is 24.4 Å². The Labute approximate surface area is 140 Å². The highest BCUT2D eigenvalue weighted by Crippen LogP contribution is 2.43. The monoisotopic (exact) mass is 350 g/mol. The number of ether oxygens (including phenoxy) is 4. The molecule has 0 spiro atoms. The summed E-state index contributed by atoms with van der Waals surface area (Å²) in [6, 6.07) is 0. The fourth-order valence-electron chi connectivity index (χ4n) is 3.08. The second-order valence-corrected chi connectivity index (χ2v) is 9.68. The molecule has 3 saturated heterocycles. The molecule has 0 saturated carbocycles. The zero-order valence-corrected chi connectivity index (χ0v) is 15.2. The molecule has 128 valence electrons. The van der Waals surface area contributed by atoms with Crippen LogP contribution >= 0.6 is 23.5 Å². The fourth-order valence-corrected chi connectivity index (χ4v) is 6.11. The Kier molecular flexibility index (Phi) is 5.06. The molecule has 0 aliphatic carbocycles. The first-order chi connectivity index (χ1) is 10.3. The second-order valence-electron chi connectivity index (χ2n) is 6.89. The van der Waals surface area contributed by atoms with Crippen molar-refractivity contribution in [3.63, 3.8) is 0 Å². The summed E-state index contributed by atoms with van der Waals surface area (Å²) in [6.45, 7) is 7.91. The van der Waals surface area contributed by atoms with E-state index >= 15 is 0 Å². The molecule has 22 heavy (non-hydrogen) atoms. The van der Waals surface area contributed by atoms with Gasteiger partial charge in [-0.15, -0.1) is 23.5 Å². The van der Waals surface area contributed by atoms with E-state index in [9.17, 15) is 5.11 Å². The van der Waals surface area contributed by atoms with Crippen LogP contribution in [-0.2, 0) is 18.9 Å². The van der Waals surface area contributed by atoms with Crippen LogP contribution in [0.2, 0.25) is 0 Å². The maximum atomic E-state index is 10.8. The van der Waals surface area contributed by atoms with Gasteiger partial charge in [-0.1, -0.05) is 0 Å². The SMILES string of the molecule is CC1(C)O[C@H]([C@H](O)[C@H]2COC(C)(C)O2)[C@@H](C2SCCCS2)O1. The van der Waals surface area contributed by atoms with Crippen molar-refractivity contribution in [3.05, 3.63) is 0 Å². The minimum absolute atomic E-state index is 0.132. The average molecular weight is 351 g/mol. The predicted molar refractivity (Wildman–Crippen MR) is 88.1 cm³/mol. The number of hydrogen-bond acceptors (Lipinski definition) is 7. The summed E-state index contributed by atoms with van der Waals surface area (Å²) < 4.78 is 23.8. The molecule has 0 aromatic rings. The van der Waals surface area contributed by atoms with Gasteiger partial charge in [-0.3, -0.25) is 0 Å². The van der Waals surface area contributed by atoms with Crippen molar-refractivity contribution in [2.45, 2.75) is 74.7 Å². The Morgan fingerprint density at radius 3 is 2.27 bits per heavy atom. The molecule has 0 radical (unpaired) electrons. The van der Waals surface area contributed by atoms with E-state index in [1.807, 2.05) is 51.2 Å². The Morgan fingerprint density at radius 2 is 1.68 bits per heavy atom. The molecule has 0 aromatic heterocycles. The maximum absolute atomic E-state index is 10.8. The van der Waals surface area contributed by atoms with Crippen LogP contribution in [0.5, 0.6) is 0 Å². The standard InChI is InChI=1S/C15H26O5S2/c1-14(2)17-8-9(18-14)10(16)11-12(20-15(3,4)19-11)13-21-6-5-7-22-13/h9-13,16H,5-8H2,1-4H3/t9-,10-,11-,12+/m1/s1. The molecule has 3 fully saturated rings. The van der Waals surface area contributed by atoms with Crippen LogP contribution in [0, 0.1) is 0 Å². The largest absolute Gasteiger partial charge is 0.387 e. The van der Waals surface area contributed by atoms with E-state index in [-0.39, 0.29) is 18.3 Å². The zero-order valence-electron chi connectivity index (χ0n) is 13.6. The van der Waals surface area contributed by atoms with E-state index < -0.39 is 17.7 Å². The fraction of sp³-hybridized carbons (Fsp3) is 1.00. The summed E-state index contributed by atoms with van der Waals surface area (Å²) in [7, 11) is 0. The van der Waals surface area contributed by atoms with E-state index in [2.05, 4.69) is 0 Å². The molecular weight excluding hydrogens is 324 g/mol. The zero-order chi connectivity index (χ0) is 16.0. The number of hydrogen-bond donors (Lipinski definition) is 1. The van der Waals surface area contributed by atoms with Crippen molar-refractivity contribution in [2.75, 3.05) is 18.1 Å². The highest BCUT2D eigenvalue weighted by atomic mass is 32.2. The summed E-state index contributed by atoms with van der Waals surface area (Å²) in [5.41, 5.74) is 0. The van der Waals surface area contributed by atoms with Crippen molar-refractivity contribution in [2.24, 2.45) is 0 Å². The quantitative estimate of drug-likeness (QED) is 0.837. The summed E-state index contributed by atoms with van der Waals surface area (Å²) in [5.74, 6) is 0.946. The third kappa shape index (κ3) is 3.77. The molecule has 3 aliphatic heterocycles. The smallest absolute Gasteiger partial charge is 0.163 e. The normalized spacial score (nSPS) is 40.0. The second kappa shape index (κ2) is 6.43. The first-order valence-corrected chi connectivity index (χ1v) is 9.96. The molecule has 7 heteroatoms. The molecule has 0 bridgehead atoms. The van der Waals surface area contributed by atoms with E-state index in [0.717, 1.165) is 11.5 Å². The van der Waals surface area contributed by atoms with Crippen LogP contribution in [-0.4, -0.2) is 63.8 Å². The topological polar surface area (TPSA) is 57.2 Å². The van der Waals surface area contributed by atoms with Crippen LogP contribution < -0.4 is 0 Å². The molecule has 1 N–H and O–H groups in total. The molecule has 0 aromatic carbocycles. The molecule has 0 amide bonds. The Balaban J connectivity index is 1.71. The maximum Gasteiger partial charge on any atom is 0.163 e. The predicted octanol–water partition coefficient (Wildman–Crippen LogP) is 2.22. The van der Waals surface area contributed by atoms with E-state index in [4.69, 9.17) is 18.9 Å².